The minimum absolute atomic E-state index is 0. The summed E-state index contributed by atoms with van der Waals surface area (Å²) in [6, 6.07) is 0. The molecule has 0 fully saturated rings. The lowest BCUT2D eigenvalue weighted by Gasteiger charge is -2.37. The Morgan fingerprint density at radius 1 is 0.429 bits per heavy atom. The number of hydrogen-bond donors (Lipinski definition) is 1. The van der Waals surface area contributed by atoms with Gasteiger partial charge >= 0.3 is 0 Å². The molecule has 0 rings (SSSR count). The molecule has 1 N–H and O–H groups in total. The first kappa shape index (κ1) is 37.6. The van der Waals surface area contributed by atoms with Crippen molar-refractivity contribution >= 4 is 17.0 Å². The Bertz CT molecular complexity index is 375. The molecule has 0 aromatic rings. The van der Waals surface area contributed by atoms with Gasteiger partial charge in [0.25, 0.3) is 0 Å². The Balaban J connectivity index is 0. The molecule has 0 aliphatic heterocycles. The average molecular weight is 561 g/mol. The monoisotopic (exact) mass is 559 g/mol. The normalized spacial score (nSPS) is 12.6. The largest absolute Gasteiger partial charge is 0.311 e. The Kier molecular flexibility index (Phi) is 31.2. The minimum Gasteiger partial charge on any atom is -0.311 e. The van der Waals surface area contributed by atoms with E-state index in [-0.39, 0.29) is 17.0 Å². The molecule has 214 valence electrons. The highest BCUT2D eigenvalue weighted by Crippen LogP contribution is 2.29. The molecule has 0 aromatic heterocycles. The molecule has 0 radical (unpaired) electrons. The zero-order chi connectivity index (χ0) is 25.2. The molecule has 35 heavy (non-hydrogen) atoms. The molecule has 1 atom stereocenters. The number of hydrogen-bond acceptors (Lipinski definition) is 1. The fourth-order valence-electron chi connectivity index (χ4n) is 5.76. The van der Waals surface area contributed by atoms with E-state index in [1.54, 1.807) is 0 Å². The van der Waals surface area contributed by atoms with Crippen molar-refractivity contribution in [3.8, 4) is 0 Å². The third-order valence-corrected chi connectivity index (χ3v) is 8.21. The van der Waals surface area contributed by atoms with Crippen molar-refractivity contribution in [3.05, 3.63) is 0 Å². The van der Waals surface area contributed by atoms with Gasteiger partial charge in [0.05, 0.1) is 0 Å². The lowest BCUT2D eigenvalue weighted by Crippen LogP contribution is -2.47. The van der Waals surface area contributed by atoms with Gasteiger partial charge in [-0.2, -0.15) is 0 Å². The average Bonchev–Trinajstić information content (AvgIpc) is 2.85. The SMILES string of the molecule is Br.CCCCCCCCCCCCCCCC(CCCC)(CCCC)NCC(CCC)CCCC. The summed E-state index contributed by atoms with van der Waals surface area (Å²) in [6.07, 6.45) is 35.5. The van der Waals surface area contributed by atoms with Crippen LogP contribution in [0.1, 0.15) is 195 Å². The summed E-state index contributed by atoms with van der Waals surface area (Å²) in [6.45, 7) is 13.0. The molecule has 0 saturated carbocycles. The molecule has 0 aromatic carbocycles. The van der Waals surface area contributed by atoms with Crippen LogP contribution in [0.15, 0.2) is 0 Å². The fourth-order valence-corrected chi connectivity index (χ4v) is 5.76. The maximum absolute atomic E-state index is 4.24. The third kappa shape index (κ3) is 23.3. The van der Waals surface area contributed by atoms with Gasteiger partial charge in [0.1, 0.15) is 0 Å². The van der Waals surface area contributed by atoms with E-state index in [1.165, 1.54) is 167 Å². The highest BCUT2D eigenvalue weighted by atomic mass is 79.9. The third-order valence-electron chi connectivity index (χ3n) is 8.21. The van der Waals surface area contributed by atoms with E-state index in [9.17, 15) is 0 Å². The number of unbranched alkanes of at least 4 members (excludes halogenated alkanes) is 15. The Morgan fingerprint density at radius 3 is 1.26 bits per heavy atom. The lowest BCUT2D eigenvalue weighted by atomic mass is 9.81. The molecule has 0 spiro atoms. The first-order valence-corrected chi connectivity index (χ1v) is 16.4. The fraction of sp³-hybridized carbons (Fsp3) is 1.00. The van der Waals surface area contributed by atoms with Crippen molar-refractivity contribution < 1.29 is 0 Å². The standard InChI is InChI=1S/C33H69N.BrH/c1-6-11-15-16-17-18-19-20-21-22-23-24-25-30-33(28-13-8-3,29-14-9-4)34-31-32(26-10-5)27-12-7-2;/h32,34H,6-31H2,1-5H3;1H. The molecule has 1 nitrogen and oxygen atoms in total. The van der Waals surface area contributed by atoms with Gasteiger partial charge in [-0.15, -0.1) is 17.0 Å². The van der Waals surface area contributed by atoms with Gasteiger partial charge in [-0.25, -0.2) is 0 Å². The molecule has 0 bridgehead atoms. The summed E-state index contributed by atoms with van der Waals surface area (Å²) < 4.78 is 0. The second kappa shape index (κ2) is 29.0. The Morgan fingerprint density at radius 2 is 0.829 bits per heavy atom. The van der Waals surface area contributed by atoms with Crippen molar-refractivity contribution in [2.24, 2.45) is 5.92 Å². The highest BCUT2D eigenvalue weighted by molar-refractivity contribution is 8.93. The first-order chi connectivity index (χ1) is 16.7. The van der Waals surface area contributed by atoms with Crippen LogP contribution in [0.3, 0.4) is 0 Å². The number of halogens is 1. The van der Waals surface area contributed by atoms with E-state index in [0.717, 1.165) is 5.92 Å². The topological polar surface area (TPSA) is 12.0 Å². The number of nitrogens with one attached hydrogen (secondary N) is 1. The first-order valence-electron chi connectivity index (χ1n) is 16.4. The minimum atomic E-state index is 0. The van der Waals surface area contributed by atoms with E-state index in [0.29, 0.717) is 5.54 Å². The van der Waals surface area contributed by atoms with E-state index in [1.807, 2.05) is 0 Å². The number of rotatable bonds is 28. The van der Waals surface area contributed by atoms with E-state index in [2.05, 4.69) is 39.9 Å². The lowest BCUT2D eigenvalue weighted by molar-refractivity contribution is 0.219. The molecule has 0 saturated heterocycles. The molecule has 2 heteroatoms. The summed E-state index contributed by atoms with van der Waals surface area (Å²) in [7, 11) is 0. The Labute approximate surface area is 234 Å². The summed E-state index contributed by atoms with van der Waals surface area (Å²) in [4.78, 5) is 0. The van der Waals surface area contributed by atoms with Crippen molar-refractivity contribution in [3.63, 3.8) is 0 Å². The smallest absolute Gasteiger partial charge is 0.0181 e. The van der Waals surface area contributed by atoms with Crippen LogP contribution in [0.25, 0.3) is 0 Å². The predicted octanol–water partition coefficient (Wildman–Crippen LogP) is 12.4. The van der Waals surface area contributed by atoms with Crippen molar-refractivity contribution in [2.75, 3.05) is 6.54 Å². The van der Waals surface area contributed by atoms with Gasteiger partial charge in [-0.3, -0.25) is 0 Å². The van der Waals surface area contributed by atoms with Crippen molar-refractivity contribution in [1.82, 2.24) is 5.32 Å². The molecular weight excluding hydrogens is 490 g/mol. The van der Waals surface area contributed by atoms with Crippen molar-refractivity contribution in [1.29, 1.82) is 0 Å². The quantitative estimate of drug-likeness (QED) is 0.0938. The Hall–Kier alpha value is 0.440. The van der Waals surface area contributed by atoms with Gasteiger partial charge in [-0.05, 0) is 44.6 Å². The zero-order valence-corrected chi connectivity index (χ0v) is 27.1. The summed E-state index contributed by atoms with van der Waals surface area (Å²) in [5.41, 5.74) is 0.419. The zero-order valence-electron chi connectivity index (χ0n) is 25.4. The van der Waals surface area contributed by atoms with Crippen LogP contribution in [-0.2, 0) is 0 Å². The van der Waals surface area contributed by atoms with Crippen LogP contribution in [-0.4, -0.2) is 12.1 Å². The van der Waals surface area contributed by atoms with Crippen LogP contribution in [0.4, 0.5) is 0 Å². The molecule has 0 amide bonds. The van der Waals surface area contributed by atoms with Crippen molar-refractivity contribution in [2.45, 2.75) is 201 Å². The molecule has 0 aliphatic rings. The van der Waals surface area contributed by atoms with Crippen LogP contribution in [0, 0.1) is 5.92 Å². The molecule has 0 heterocycles. The second-order valence-corrected chi connectivity index (χ2v) is 11.7. The molecular formula is C33H70BrN. The highest BCUT2D eigenvalue weighted by Gasteiger charge is 2.28. The maximum atomic E-state index is 4.24. The van der Waals surface area contributed by atoms with Gasteiger partial charge in [0, 0.05) is 5.54 Å². The van der Waals surface area contributed by atoms with Gasteiger partial charge in [0.2, 0.25) is 0 Å². The van der Waals surface area contributed by atoms with Crippen LogP contribution in [0.2, 0.25) is 0 Å². The van der Waals surface area contributed by atoms with Gasteiger partial charge in [-0.1, -0.05) is 163 Å². The molecule has 1 unspecified atom stereocenters. The van der Waals surface area contributed by atoms with Crippen LogP contribution >= 0.6 is 17.0 Å². The summed E-state index contributed by atoms with van der Waals surface area (Å²) in [5, 5.41) is 4.24. The maximum Gasteiger partial charge on any atom is 0.0181 e. The van der Waals surface area contributed by atoms with Gasteiger partial charge in [0.15, 0.2) is 0 Å². The van der Waals surface area contributed by atoms with Crippen LogP contribution in [0.5, 0.6) is 0 Å². The molecule has 0 aliphatic carbocycles. The van der Waals surface area contributed by atoms with Crippen LogP contribution < -0.4 is 5.32 Å². The summed E-state index contributed by atoms with van der Waals surface area (Å²) in [5.74, 6) is 0.888. The van der Waals surface area contributed by atoms with E-state index in [4.69, 9.17) is 0 Å². The van der Waals surface area contributed by atoms with E-state index >= 15 is 0 Å². The predicted molar refractivity (Wildman–Crippen MR) is 168 cm³/mol. The summed E-state index contributed by atoms with van der Waals surface area (Å²) >= 11 is 0. The van der Waals surface area contributed by atoms with Gasteiger partial charge < -0.3 is 5.32 Å². The second-order valence-electron chi connectivity index (χ2n) is 11.7. The van der Waals surface area contributed by atoms with E-state index < -0.39 is 0 Å².